The van der Waals surface area contributed by atoms with Crippen LogP contribution in [0, 0.1) is 0 Å². The Labute approximate surface area is 151 Å². The Morgan fingerprint density at radius 1 is 1.25 bits per heavy atom. The molecule has 0 radical (unpaired) electrons. The van der Waals surface area contributed by atoms with Crippen molar-refractivity contribution in [2.24, 2.45) is 0 Å². The van der Waals surface area contributed by atoms with E-state index in [-0.39, 0.29) is 30.3 Å². The van der Waals surface area contributed by atoms with Crippen LogP contribution in [0.3, 0.4) is 0 Å². The minimum Gasteiger partial charge on any atom is -0.337 e. The van der Waals surface area contributed by atoms with Crippen LogP contribution in [-0.2, 0) is 0 Å². The molecule has 0 spiro atoms. The molecule has 1 aromatic heterocycles. The average Bonchev–Trinajstić information content (AvgIpc) is 3.27. The summed E-state index contributed by atoms with van der Waals surface area (Å²) in [5.41, 5.74) is 1.07. The molecule has 2 amide bonds. The Morgan fingerprint density at radius 3 is 2.71 bits per heavy atom. The van der Waals surface area contributed by atoms with E-state index >= 15 is 0 Å². The number of nitrogens with zero attached hydrogens (tertiary/aromatic N) is 1. The smallest absolute Gasteiger partial charge is 0.265 e. The van der Waals surface area contributed by atoms with Crippen LogP contribution in [0.15, 0.2) is 41.8 Å². The minimum atomic E-state index is -0.189. The van der Waals surface area contributed by atoms with E-state index in [9.17, 15) is 9.59 Å². The van der Waals surface area contributed by atoms with Gasteiger partial charge in [0.25, 0.3) is 11.8 Å². The second-order valence-electron chi connectivity index (χ2n) is 5.54. The third kappa shape index (κ3) is 3.95. The lowest BCUT2D eigenvalue weighted by Gasteiger charge is -2.24. The number of carbonyl (C=O) groups excluding carboxylic acids is 2. The normalized spacial score (nSPS) is 16.3. The number of halogens is 1. The molecule has 128 valence electrons. The standard InChI is InChI=1S/C17H19N3O2S.ClH/c1-20(12-8-9-18-11-12)17(22)13-5-2-3-6-14(13)19-16(21)15-7-4-10-23-15;/h2-7,10,12,18H,8-9,11H2,1H3,(H,19,21);1H. The van der Waals surface area contributed by atoms with Crippen LogP contribution in [0.25, 0.3) is 0 Å². The summed E-state index contributed by atoms with van der Waals surface area (Å²) in [6, 6.07) is 10.9. The number of likely N-dealkylation sites (N-methyl/N-ethyl adjacent to an activating group) is 1. The van der Waals surface area contributed by atoms with E-state index in [1.54, 1.807) is 23.1 Å². The van der Waals surface area contributed by atoms with Crippen molar-refractivity contribution < 1.29 is 9.59 Å². The number of hydrogen-bond acceptors (Lipinski definition) is 4. The molecule has 0 saturated carbocycles. The Balaban J connectivity index is 0.00000208. The summed E-state index contributed by atoms with van der Waals surface area (Å²) in [6.45, 7) is 1.74. The summed E-state index contributed by atoms with van der Waals surface area (Å²) in [5.74, 6) is -0.258. The molecule has 0 aliphatic carbocycles. The monoisotopic (exact) mass is 365 g/mol. The van der Waals surface area contributed by atoms with Crippen LogP contribution in [0.2, 0.25) is 0 Å². The van der Waals surface area contributed by atoms with Crippen molar-refractivity contribution in [2.75, 3.05) is 25.5 Å². The van der Waals surface area contributed by atoms with E-state index in [1.165, 1.54) is 11.3 Å². The SMILES string of the molecule is CN(C(=O)c1ccccc1NC(=O)c1cccs1)C1CCNC1.Cl. The van der Waals surface area contributed by atoms with Crippen LogP contribution in [-0.4, -0.2) is 42.9 Å². The molecule has 1 saturated heterocycles. The summed E-state index contributed by atoms with van der Waals surface area (Å²) in [4.78, 5) is 27.4. The van der Waals surface area contributed by atoms with E-state index in [4.69, 9.17) is 0 Å². The first-order chi connectivity index (χ1) is 11.2. The molecule has 24 heavy (non-hydrogen) atoms. The number of nitrogens with one attached hydrogen (secondary N) is 2. The summed E-state index contributed by atoms with van der Waals surface area (Å²) in [5, 5.41) is 7.96. The number of anilines is 1. The number of benzene rings is 1. The Morgan fingerprint density at radius 2 is 2.04 bits per heavy atom. The van der Waals surface area contributed by atoms with Gasteiger partial charge in [-0.15, -0.1) is 23.7 Å². The fourth-order valence-electron chi connectivity index (χ4n) is 2.70. The van der Waals surface area contributed by atoms with Gasteiger partial charge in [-0.05, 0) is 36.5 Å². The maximum Gasteiger partial charge on any atom is 0.265 e. The van der Waals surface area contributed by atoms with Crippen LogP contribution in [0.4, 0.5) is 5.69 Å². The van der Waals surface area contributed by atoms with Crippen molar-refractivity contribution in [3.63, 3.8) is 0 Å². The van der Waals surface area contributed by atoms with Gasteiger partial charge in [0.1, 0.15) is 0 Å². The van der Waals surface area contributed by atoms with Crippen molar-refractivity contribution in [1.82, 2.24) is 10.2 Å². The third-order valence-corrected chi connectivity index (χ3v) is 4.92. The lowest BCUT2D eigenvalue weighted by atomic mass is 10.1. The molecule has 7 heteroatoms. The van der Waals surface area contributed by atoms with E-state index in [2.05, 4.69) is 10.6 Å². The molecule has 1 aliphatic heterocycles. The lowest BCUT2D eigenvalue weighted by Crippen LogP contribution is -2.38. The fourth-order valence-corrected chi connectivity index (χ4v) is 3.32. The molecule has 3 rings (SSSR count). The molecule has 1 unspecified atom stereocenters. The number of carbonyl (C=O) groups is 2. The van der Waals surface area contributed by atoms with Gasteiger partial charge in [0.15, 0.2) is 0 Å². The van der Waals surface area contributed by atoms with Crippen LogP contribution < -0.4 is 10.6 Å². The Hall–Kier alpha value is -1.89. The number of rotatable bonds is 4. The van der Waals surface area contributed by atoms with E-state index in [0.717, 1.165) is 19.5 Å². The van der Waals surface area contributed by atoms with Gasteiger partial charge in [0.05, 0.1) is 16.1 Å². The zero-order valence-electron chi connectivity index (χ0n) is 13.3. The molecular weight excluding hydrogens is 346 g/mol. The van der Waals surface area contributed by atoms with Crippen molar-refractivity contribution >= 4 is 41.2 Å². The summed E-state index contributed by atoms with van der Waals surface area (Å²) < 4.78 is 0. The molecule has 5 nitrogen and oxygen atoms in total. The third-order valence-electron chi connectivity index (χ3n) is 4.05. The Bertz CT molecular complexity index is 700. The molecule has 1 fully saturated rings. The molecule has 0 bridgehead atoms. The van der Waals surface area contributed by atoms with Gasteiger partial charge < -0.3 is 15.5 Å². The molecule has 1 aromatic carbocycles. The van der Waals surface area contributed by atoms with Gasteiger partial charge in [0, 0.05) is 19.6 Å². The highest BCUT2D eigenvalue weighted by Gasteiger charge is 2.25. The highest BCUT2D eigenvalue weighted by molar-refractivity contribution is 7.12. The molecule has 2 aromatic rings. The maximum absolute atomic E-state index is 12.8. The highest BCUT2D eigenvalue weighted by Crippen LogP contribution is 2.21. The molecule has 2 N–H and O–H groups in total. The first kappa shape index (κ1) is 18.4. The summed E-state index contributed by atoms with van der Waals surface area (Å²) in [7, 11) is 1.82. The van der Waals surface area contributed by atoms with Crippen molar-refractivity contribution in [3.05, 3.63) is 52.2 Å². The summed E-state index contributed by atoms with van der Waals surface area (Å²) in [6.07, 6.45) is 0.950. The van der Waals surface area contributed by atoms with Gasteiger partial charge in [-0.1, -0.05) is 18.2 Å². The van der Waals surface area contributed by atoms with Crippen molar-refractivity contribution in [3.8, 4) is 0 Å². The van der Waals surface area contributed by atoms with Gasteiger partial charge >= 0.3 is 0 Å². The number of para-hydroxylation sites is 1. The first-order valence-electron chi connectivity index (χ1n) is 7.58. The predicted octanol–water partition coefficient (Wildman–Crippen LogP) is 2.86. The minimum absolute atomic E-state index is 0. The van der Waals surface area contributed by atoms with Crippen LogP contribution in [0.5, 0.6) is 0 Å². The van der Waals surface area contributed by atoms with Crippen LogP contribution in [0.1, 0.15) is 26.5 Å². The second kappa shape index (κ2) is 8.28. The van der Waals surface area contributed by atoms with Gasteiger partial charge in [-0.2, -0.15) is 0 Å². The van der Waals surface area contributed by atoms with Gasteiger partial charge in [-0.25, -0.2) is 0 Å². The summed E-state index contributed by atoms with van der Waals surface area (Å²) >= 11 is 1.38. The Kier molecular flexibility index (Phi) is 6.36. The quantitative estimate of drug-likeness (QED) is 0.875. The van der Waals surface area contributed by atoms with Gasteiger partial charge in [0.2, 0.25) is 0 Å². The topological polar surface area (TPSA) is 61.4 Å². The average molecular weight is 366 g/mol. The first-order valence-corrected chi connectivity index (χ1v) is 8.46. The van der Waals surface area contributed by atoms with Gasteiger partial charge in [-0.3, -0.25) is 9.59 Å². The van der Waals surface area contributed by atoms with Crippen molar-refractivity contribution in [1.29, 1.82) is 0 Å². The van der Waals surface area contributed by atoms with E-state index in [0.29, 0.717) is 16.1 Å². The van der Waals surface area contributed by atoms with E-state index < -0.39 is 0 Å². The molecule has 1 aliphatic rings. The zero-order valence-corrected chi connectivity index (χ0v) is 15.0. The zero-order chi connectivity index (χ0) is 16.2. The van der Waals surface area contributed by atoms with E-state index in [1.807, 2.05) is 30.6 Å². The lowest BCUT2D eigenvalue weighted by molar-refractivity contribution is 0.0745. The molecular formula is C17H20ClN3O2S. The fraction of sp³-hybridized carbons (Fsp3) is 0.294. The maximum atomic E-state index is 12.8. The second-order valence-corrected chi connectivity index (χ2v) is 6.49. The number of hydrogen-bond donors (Lipinski definition) is 2. The molecule has 1 atom stereocenters. The van der Waals surface area contributed by atoms with Crippen molar-refractivity contribution in [2.45, 2.75) is 12.5 Å². The predicted molar refractivity (Wildman–Crippen MR) is 99.3 cm³/mol. The largest absolute Gasteiger partial charge is 0.337 e. The number of amides is 2. The molecule has 2 heterocycles. The highest BCUT2D eigenvalue weighted by atomic mass is 35.5. The number of thiophene rings is 1. The van der Waals surface area contributed by atoms with Crippen LogP contribution >= 0.6 is 23.7 Å².